The molecule has 0 bridgehead atoms. The maximum Gasteiger partial charge on any atom is 0.185 e. The molecule has 2 rings (SSSR count). The highest BCUT2D eigenvalue weighted by Gasteiger charge is 2.39. The summed E-state index contributed by atoms with van der Waals surface area (Å²) in [6, 6.07) is 6.81. The molecule has 0 aromatic heterocycles. The molecule has 6 nitrogen and oxygen atoms in total. The number of hydrogen-bond acceptors (Lipinski definition) is 6. The first-order chi connectivity index (χ1) is 9.54. The van der Waals surface area contributed by atoms with Crippen LogP contribution >= 0.6 is 11.6 Å². The normalized spacial score (nSPS) is 32.6. The highest BCUT2D eigenvalue weighted by molar-refractivity contribution is 6.31. The standard InChI is InChI=1S/C13H17ClO6/c14-8-4-2-1-3-7(8)13-19-6-10(17)11(18)12(20-13)9(16)5-15/h1-4,9-13,15-18H,5-6H2/t9-,10+,11+,12+,13?/m0/s1. The molecular formula is C13H17ClO6. The lowest BCUT2D eigenvalue weighted by molar-refractivity contribution is -0.199. The summed E-state index contributed by atoms with van der Waals surface area (Å²) in [5.41, 5.74) is 0.519. The maximum absolute atomic E-state index is 9.89. The van der Waals surface area contributed by atoms with Crippen LogP contribution in [0.1, 0.15) is 11.9 Å². The van der Waals surface area contributed by atoms with Crippen LogP contribution in [0.5, 0.6) is 0 Å². The first-order valence-corrected chi connectivity index (χ1v) is 6.59. The van der Waals surface area contributed by atoms with Crippen LogP contribution < -0.4 is 0 Å². The van der Waals surface area contributed by atoms with E-state index in [1.54, 1.807) is 24.3 Å². The van der Waals surface area contributed by atoms with Crippen molar-refractivity contribution in [3.05, 3.63) is 34.9 Å². The molecule has 1 aliphatic heterocycles. The lowest BCUT2D eigenvalue weighted by atomic mass is 10.0. The topological polar surface area (TPSA) is 99.4 Å². The van der Waals surface area contributed by atoms with Crippen molar-refractivity contribution in [2.75, 3.05) is 13.2 Å². The third-order valence-electron chi connectivity index (χ3n) is 3.16. The van der Waals surface area contributed by atoms with Crippen molar-refractivity contribution in [3.63, 3.8) is 0 Å². The van der Waals surface area contributed by atoms with Crippen LogP contribution in [0.4, 0.5) is 0 Å². The van der Waals surface area contributed by atoms with Crippen molar-refractivity contribution < 1.29 is 29.9 Å². The van der Waals surface area contributed by atoms with Gasteiger partial charge in [-0.05, 0) is 6.07 Å². The fraction of sp³-hybridized carbons (Fsp3) is 0.538. The SMILES string of the molecule is OC[C@H](O)[C@H]1OC(c2ccccc2Cl)OC[C@@H](O)[C@H]1O. The lowest BCUT2D eigenvalue weighted by Gasteiger charge is -2.28. The van der Waals surface area contributed by atoms with Gasteiger partial charge in [-0.15, -0.1) is 0 Å². The first-order valence-electron chi connectivity index (χ1n) is 6.21. The Morgan fingerprint density at radius 2 is 2.00 bits per heavy atom. The summed E-state index contributed by atoms with van der Waals surface area (Å²) in [5.74, 6) is 0. The summed E-state index contributed by atoms with van der Waals surface area (Å²) < 4.78 is 10.9. The Labute approximate surface area is 121 Å². The van der Waals surface area contributed by atoms with E-state index < -0.39 is 37.3 Å². The molecule has 0 radical (unpaired) electrons. The predicted molar refractivity (Wildman–Crippen MR) is 70.1 cm³/mol. The molecular weight excluding hydrogens is 288 g/mol. The number of benzene rings is 1. The van der Waals surface area contributed by atoms with Gasteiger partial charge in [0.25, 0.3) is 0 Å². The van der Waals surface area contributed by atoms with Gasteiger partial charge in [-0.1, -0.05) is 29.8 Å². The molecule has 0 spiro atoms. The first kappa shape index (κ1) is 15.7. The van der Waals surface area contributed by atoms with Gasteiger partial charge >= 0.3 is 0 Å². The van der Waals surface area contributed by atoms with Crippen molar-refractivity contribution in [2.24, 2.45) is 0 Å². The van der Waals surface area contributed by atoms with Crippen LogP contribution in [0.3, 0.4) is 0 Å². The van der Waals surface area contributed by atoms with Gasteiger partial charge < -0.3 is 29.9 Å². The fourth-order valence-electron chi connectivity index (χ4n) is 2.02. The van der Waals surface area contributed by atoms with Crippen LogP contribution in [-0.4, -0.2) is 58.1 Å². The smallest absolute Gasteiger partial charge is 0.185 e. The number of aliphatic hydroxyl groups excluding tert-OH is 4. The Hall–Kier alpha value is -0.730. The van der Waals surface area contributed by atoms with E-state index in [0.29, 0.717) is 10.6 Å². The summed E-state index contributed by atoms with van der Waals surface area (Å²) in [7, 11) is 0. The minimum absolute atomic E-state index is 0.175. The molecule has 0 saturated carbocycles. The second-order valence-electron chi connectivity index (χ2n) is 4.60. The summed E-state index contributed by atoms with van der Waals surface area (Å²) in [6.07, 6.45) is -6.06. The summed E-state index contributed by atoms with van der Waals surface area (Å²) in [6.45, 7) is -0.782. The monoisotopic (exact) mass is 304 g/mol. The molecule has 7 heteroatoms. The minimum Gasteiger partial charge on any atom is -0.394 e. The predicted octanol–water partition coefficient (Wildman–Crippen LogP) is -0.171. The zero-order valence-corrected chi connectivity index (χ0v) is 11.3. The Bertz CT molecular complexity index is 443. The third kappa shape index (κ3) is 3.29. The van der Waals surface area contributed by atoms with Gasteiger partial charge in [0.2, 0.25) is 0 Å². The average Bonchev–Trinajstić information content (AvgIpc) is 2.60. The Morgan fingerprint density at radius 3 is 2.65 bits per heavy atom. The van der Waals surface area contributed by atoms with Gasteiger partial charge in [0, 0.05) is 10.6 Å². The van der Waals surface area contributed by atoms with Crippen LogP contribution in [0.2, 0.25) is 5.02 Å². The fourth-order valence-corrected chi connectivity index (χ4v) is 2.24. The van der Waals surface area contributed by atoms with Gasteiger partial charge in [-0.3, -0.25) is 0 Å². The van der Waals surface area contributed by atoms with E-state index >= 15 is 0 Å². The van der Waals surface area contributed by atoms with E-state index in [9.17, 15) is 15.3 Å². The van der Waals surface area contributed by atoms with Crippen molar-refractivity contribution in [1.82, 2.24) is 0 Å². The van der Waals surface area contributed by atoms with E-state index in [4.69, 9.17) is 26.2 Å². The van der Waals surface area contributed by atoms with Crippen molar-refractivity contribution in [2.45, 2.75) is 30.7 Å². The summed E-state index contributed by atoms with van der Waals surface area (Å²) in [5, 5.41) is 38.7. The largest absolute Gasteiger partial charge is 0.394 e. The van der Waals surface area contributed by atoms with Gasteiger partial charge in [-0.2, -0.15) is 0 Å². The molecule has 1 unspecified atom stereocenters. The molecule has 1 fully saturated rings. The molecule has 5 atom stereocenters. The quantitative estimate of drug-likeness (QED) is 0.619. The molecule has 1 saturated heterocycles. The molecule has 1 aliphatic rings. The highest BCUT2D eigenvalue weighted by atomic mass is 35.5. The minimum atomic E-state index is -1.37. The number of halogens is 1. The van der Waals surface area contributed by atoms with Crippen LogP contribution in [0, 0.1) is 0 Å². The number of ether oxygens (including phenoxy) is 2. The van der Waals surface area contributed by atoms with Gasteiger partial charge in [0.15, 0.2) is 6.29 Å². The molecule has 112 valence electrons. The number of rotatable bonds is 3. The lowest BCUT2D eigenvalue weighted by Crippen LogP contribution is -2.47. The zero-order valence-electron chi connectivity index (χ0n) is 10.6. The van der Waals surface area contributed by atoms with E-state index in [1.165, 1.54) is 0 Å². The Morgan fingerprint density at radius 1 is 1.30 bits per heavy atom. The Balaban J connectivity index is 2.25. The van der Waals surface area contributed by atoms with Crippen LogP contribution in [0.15, 0.2) is 24.3 Å². The second-order valence-corrected chi connectivity index (χ2v) is 5.00. The van der Waals surface area contributed by atoms with Gasteiger partial charge in [-0.25, -0.2) is 0 Å². The average molecular weight is 305 g/mol. The summed E-state index contributed by atoms with van der Waals surface area (Å²) >= 11 is 6.05. The molecule has 0 amide bonds. The van der Waals surface area contributed by atoms with E-state index in [-0.39, 0.29) is 6.61 Å². The van der Waals surface area contributed by atoms with E-state index in [0.717, 1.165) is 0 Å². The maximum atomic E-state index is 9.89. The highest BCUT2D eigenvalue weighted by Crippen LogP contribution is 2.31. The third-order valence-corrected chi connectivity index (χ3v) is 3.50. The van der Waals surface area contributed by atoms with Crippen LogP contribution in [0.25, 0.3) is 0 Å². The number of aliphatic hydroxyl groups is 4. The van der Waals surface area contributed by atoms with E-state index in [2.05, 4.69) is 0 Å². The van der Waals surface area contributed by atoms with Gasteiger partial charge in [0.1, 0.15) is 24.4 Å². The van der Waals surface area contributed by atoms with Crippen molar-refractivity contribution in [1.29, 1.82) is 0 Å². The molecule has 1 aromatic rings. The molecule has 20 heavy (non-hydrogen) atoms. The molecule has 1 aromatic carbocycles. The molecule has 0 aliphatic carbocycles. The van der Waals surface area contributed by atoms with Crippen molar-refractivity contribution in [3.8, 4) is 0 Å². The number of hydrogen-bond donors (Lipinski definition) is 4. The summed E-state index contributed by atoms with van der Waals surface area (Å²) in [4.78, 5) is 0. The zero-order chi connectivity index (χ0) is 14.7. The molecule has 4 N–H and O–H groups in total. The van der Waals surface area contributed by atoms with Crippen molar-refractivity contribution >= 4 is 11.6 Å². The van der Waals surface area contributed by atoms with Crippen LogP contribution in [-0.2, 0) is 9.47 Å². The van der Waals surface area contributed by atoms with Gasteiger partial charge in [0.05, 0.1) is 13.2 Å². The molecule has 1 heterocycles. The second kappa shape index (κ2) is 6.82. The van der Waals surface area contributed by atoms with E-state index in [1.807, 2.05) is 0 Å². The Kier molecular flexibility index (Phi) is 5.34.